The van der Waals surface area contributed by atoms with Crippen LogP contribution in [0.4, 0.5) is 0 Å². The first kappa shape index (κ1) is 13.8. The quantitative estimate of drug-likeness (QED) is 0.919. The van der Waals surface area contributed by atoms with Crippen molar-refractivity contribution < 1.29 is 4.79 Å². The Balaban J connectivity index is 1.60. The van der Waals surface area contributed by atoms with Crippen molar-refractivity contribution in [2.24, 2.45) is 11.7 Å². The standard InChI is InChI=1S/C16H25N3O/c17-15-8-4-7-14(15)16(20)11-12-9-10-19(18-12)13-5-2-1-3-6-13/h9-10,13-15H,1-8,11,17H2. The average molecular weight is 275 g/mol. The van der Waals surface area contributed by atoms with Gasteiger partial charge in [0.15, 0.2) is 0 Å². The molecule has 1 aromatic rings. The van der Waals surface area contributed by atoms with E-state index in [0.29, 0.717) is 12.5 Å². The first-order valence-corrected chi connectivity index (χ1v) is 8.06. The number of rotatable bonds is 4. The van der Waals surface area contributed by atoms with Crippen LogP contribution < -0.4 is 5.73 Å². The van der Waals surface area contributed by atoms with Crippen molar-refractivity contribution in [1.82, 2.24) is 9.78 Å². The van der Waals surface area contributed by atoms with Gasteiger partial charge in [-0.05, 0) is 31.7 Å². The predicted octanol–water partition coefficient (Wildman–Crippen LogP) is 2.63. The fourth-order valence-electron chi connectivity index (χ4n) is 3.72. The second-order valence-corrected chi connectivity index (χ2v) is 6.42. The van der Waals surface area contributed by atoms with Gasteiger partial charge in [-0.2, -0.15) is 5.10 Å². The zero-order valence-electron chi connectivity index (χ0n) is 12.1. The molecule has 1 aromatic heterocycles. The van der Waals surface area contributed by atoms with Gasteiger partial charge in [0.25, 0.3) is 0 Å². The first-order chi connectivity index (χ1) is 9.74. The van der Waals surface area contributed by atoms with E-state index in [2.05, 4.69) is 9.78 Å². The maximum atomic E-state index is 12.3. The molecule has 110 valence electrons. The number of nitrogens with two attached hydrogens (primary N) is 1. The maximum absolute atomic E-state index is 12.3. The van der Waals surface area contributed by atoms with Crippen LogP contribution in [-0.2, 0) is 11.2 Å². The molecular weight excluding hydrogens is 250 g/mol. The first-order valence-electron chi connectivity index (χ1n) is 8.06. The van der Waals surface area contributed by atoms with Gasteiger partial charge < -0.3 is 5.73 Å². The lowest BCUT2D eigenvalue weighted by molar-refractivity contribution is -0.122. The van der Waals surface area contributed by atoms with Gasteiger partial charge in [-0.1, -0.05) is 25.7 Å². The maximum Gasteiger partial charge on any atom is 0.143 e. The number of hydrogen-bond donors (Lipinski definition) is 1. The third kappa shape index (κ3) is 2.95. The Hall–Kier alpha value is -1.16. The highest BCUT2D eigenvalue weighted by atomic mass is 16.1. The van der Waals surface area contributed by atoms with E-state index in [1.54, 1.807) is 0 Å². The fourth-order valence-corrected chi connectivity index (χ4v) is 3.72. The summed E-state index contributed by atoms with van der Waals surface area (Å²) in [5, 5.41) is 4.63. The lowest BCUT2D eigenvalue weighted by Gasteiger charge is -2.21. The number of aromatic nitrogens is 2. The lowest BCUT2D eigenvalue weighted by atomic mass is 9.96. The Morgan fingerprint density at radius 1 is 1.20 bits per heavy atom. The van der Waals surface area contributed by atoms with Crippen LogP contribution in [0.2, 0.25) is 0 Å². The largest absolute Gasteiger partial charge is 0.327 e. The summed E-state index contributed by atoms with van der Waals surface area (Å²) in [6, 6.07) is 2.62. The Morgan fingerprint density at radius 2 is 2.00 bits per heavy atom. The molecule has 0 radical (unpaired) electrons. The summed E-state index contributed by atoms with van der Waals surface area (Å²) in [6.07, 6.45) is 12.0. The van der Waals surface area contributed by atoms with E-state index in [1.165, 1.54) is 32.1 Å². The van der Waals surface area contributed by atoms with Gasteiger partial charge in [0.1, 0.15) is 5.78 Å². The highest BCUT2D eigenvalue weighted by Crippen LogP contribution is 2.28. The van der Waals surface area contributed by atoms with Crippen molar-refractivity contribution in [2.75, 3.05) is 0 Å². The number of Topliss-reactive ketones (excluding diaryl/α,β-unsaturated/α-hetero) is 1. The molecule has 1 heterocycles. The topological polar surface area (TPSA) is 60.9 Å². The Bertz CT molecular complexity index is 462. The van der Waals surface area contributed by atoms with Gasteiger partial charge in [0.05, 0.1) is 18.2 Å². The van der Waals surface area contributed by atoms with Crippen molar-refractivity contribution in [3.8, 4) is 0 Å². The summed E-state index contributed by atoms with van der Waals surface area (Å²) in [4.78, 5) is 12.3. The third-order valence-electron chi connectivity index (χ3n) is 4.95. The minimum Gasteiger partial charge on any atom is -0.327 e. The Morgan fingerprint density at radius 3 is 2.70 bits per heavy atom. The normalized spacial score (nSPS) is 27.9. The van der Waals surface area contributed by atoms with Gasteiger partial charge in [-0.25, -0.2) is 0 Å². The number of carbonyl (C=O) groups is 1. The molecule has 4 heteroatoms. The Labute approximate surface area is 120 Å². The molecule has 0 bridgehead atoms. The second-order valence-electron chi connectivity index (χ2n) is 6.42. The fraction of sp³-hybridized carbons (Fsp3) is 0.750. The summed E-state index contributed by atoms with van der Waals surface area (Å²) < 4.78 is 2.08. The molecule has 20 heavy (non-hydrogen) atoms. The lowest BCUT2D eigenvalue weighted by Crippen LogP contribution is -2.31. The highest BCUT2D eigenvalue weighted by molar-refractivity contribution is 5.83. The minimum absolute atomic E-state index is 0.0647. The molecule has 0 saturated heterocycles. The smallest absolute Gasteiger partial charge is 0.143 e. The summed E-state index contributed by atoms with van der Waals surface area (Å²) in [5.74, 6) is 0.346. The van der Waals surface area contributed by atoms with Crippen molar-refractivity contribution in [1.29, 1.82) is 0 Å². The van der Waals surface area contributed by atoms with Crippen molar-refractivity contribution in [3.05, 3.63) is 18.0 Å². The van der Waals surface area contributed by atoms with Gasteiger partial charge in [-0.15, -0.1) is 0 Å². The van der Waals surface area contributed by atoms with Crippen LogP contribution in [0.1, 0.15) is 63.1 Å². The number of nitrogens with zero attached hydrogens (tertiary/aromatic N) is 2. The van der Waals surface area contributed by atoms with Crippen LogP contribution in [0.15, 0.2) is 12.3 Å². The number of ketones is 1. The highest BCUT2D eigenvalue weighted by Gasteiger charge is 2.30. The molecule has 2 unspecified atom stereocenters. The van der Waals surface area contributed by atoms with E-state index >= 15 is 0 Å². The van der Waals surface area contributed by atoms with E-state index in [1.807, 2.05) is 12.3 Å². The molecule has 4 nitrogen and oxygen atoms in total. The van der Waals surface area contributed by atoms with Gasteiger partial charge >= 0.3 is 0 Å². The Kier molecular flexibility index (Phi) is 4.20. The molecule has 0 aliphatic heterocycles. The molecule has 2 atom stereocenters. The SMILES string of the molecule is NC1CCCC1C(=O)Cc1ccn(C2CCCCC2)n1. The van der Waals surface area contributed by atoms with Gasteiger partial charge in [-0.3, -0.25) is 9.48 Å². The van der Waals surface area contributed by atoms with Crippen LogP contribution in [0.3, 0.4) is 0 Å². The van der Waals surface area contributed by atoms with E-state index in [4.69, 9.17) is 5.73 Å². The van der Waals surface area contributed by atoms with Crippen LogP contribution in [0.5, 0.6) is 0 Å². The van der Waals surface area contributed by atoms with Crippen molar-refractivity contribution in [2.45, 2.75) is 69.9 Å². The van der Waals surface area contributed by atoms with E-state index in [0.717, 1.165) is 25.0 Å². The second kappa shape index (κ2) is 6.08. The van der Waals surface area contributed by atoms with Crippen LogP contribution in [-0.4, -0.2) is 21.6 Å². The van der Waals surface area contributed by atoms with Crippen molar-refractivity contribution >= 4 is 5.78 Å². The summed E-state index contributed by atoms with van der Waals surface area (Å²) in [6.45, 7) is 0. The molecule has 2 aliphatic carbocycles. The molecule has 2 saturated carbocycles. The minimum atomic E-state index is 0.0647. The van der Waals surface area contributed by atoms with Crippen LogP contribution >= 0.6 is 0 Å². The van der Waals surface area contributed by atoms with Crippen LogP contribution in [0.25, 0.3) is 0 Å². The molecule has 2 aliphatic rings. The molecule has 0 spiro atoms. The summed E-state index contributed by atoms with van der Waals surface area (Å²) in [7, 11) is 0. The number of carbonyl (C=O) groups excluding carboxylic acids is 1. The molecule has 3 rings (SSSR count). The zero-order chi connectivity index (χ0) is 13.9. The number of hydrogen-bond acceptors (Lipinski definition) is 3. The summed E-state index contributed by atoms with van der Waals surface area (Å²) in [5.41, 5.74) is 6.93. The van der Waals surface area contributed by atoms with E-state index in [9.17, 15) is 4.79 Å². The van der Waals surface area contributed by atoms with Gasteiger partial charge in [0.2, 0.25) is 0 Å². The molecule has 2 N–H and O–H groups in total. The van der Waals surface area contributed by atoms with Gasteiger partial charge in [0, 0.05) is 18.2 Å². The zero-order valence-corrected chi connectivity index (χ0v) is 12.1. The third-order valence-corrected chi connectivity index (χ3v) is 4.95. The molecule has 0 amide bonds. The predicted molar refractivity (Wildman–Crippen MR) is 78.4 cm³/mol. The molecule has 0 aromatic carbocycles. The van der Waals surface area contributed by atoms with Crippen molar-refractivity contribution in [3.63, 3.8) is 0 Å². The molecule has 2 fully saturated rings. The summed E-state index contributed by atoms with van der Waals surface area (Å²) >= 11 is 0. The van der Waals surface area contributed by atoms with E-state index in [-0.39, 0.29) is 17.7 Å². The average Bonchev–Trinajstić information content (AvgIpc) is 3.09. The monoisotopic (exact) mass is 275 g/mol. The molecular formula is C16H25N3O. The van der Waals surface area contributed by atoms with E-state index < -0.39 is 0 Å². The van der Waals surface area contributed by atoms with Crippen LogP contribution in [0, 0.1) is 5.92 Å².